The topological polar surface area (TPSA) is 17.1 Å². The third-order valence-corrected chi connectivity index (χ3v) is 1.89. The van der Waals surface area contributed by atoms with Gasteiger partial charge in [0.05, 0.1) is 0 Å². The molecule has 0 aliphatic heterocycles. The highest BCUT2D eigenvalue weighted by Crippen LogP contribution is 2.17. The summed E-state index contributed by atoms with van der Waals surface area (Å²) < 4.78 is 0. The highest BCUT2D eigenvalue weighted by atomic mass is 16.1. The summed E-state index contributed by atoms with van der Waals surface area (Å²) in [5, 5.41) is 0. The number of ketones is 1. The summed E-state index contributed by atoms with van der Waals surface area (Å²) in [5.74, 6) is 0.348. The second-order valence-corrected chi connectivity index (χ2v) is 2.66. The fraction of sp³-hybridized carbons (Fsp3) is 0.222. The van der Waals surface area contributed by atoms with E-state index in [-0.39, 0.29) is 1.43 Å². The highest BCUT2D eigenvalue weighted by Gasteiger charge is 2.16. The van der Waals surface area contributed by atoms with Crippen molar-refractivity contribution >= 4 is 5.78 Å². The Morgan fingerprint density at radius 3 is 2.10 bits per heavy atom. The van der Waals surface area contributed by atoms with Crippen molar-refractivity contribution in [2.45, 2.75) is 12.8 Å². The molecule has 0 amide bonds. The van der Waals surface area contributed by atoms with Crippen molar-refractivity contribution in [1.82, 2.24) is 0 Å². The number of hydrogen-bond acceptors (Lipinski definition) is 1. The molecule has 0 saturated heterocycles. The summed E-state index contributed by atoms with van der Waals surface area (Å²) in [4.78, 5) is 10.9. The number of fused-ring (bicyclic) bond motifs is 1. The number of carbonyl (C=O) groups excluding carboxylic acids is 1. The van der Waals surface area contributed by atoms with E-state index in [9.17, 15) is 4.79 Å². The average molecular weight is 134 g/mol. The van der Waals surface area contributed by atoms with Crippen molar-refractivity contribution in [2.24, 2.45) is 0 Å². The van der Waals surface area contributed by atoms with Gasteiger partial charge >= 0.3 is 0 Å². The number of benzene rings is 1. The lowest BCUT2D eigenvalue weighted by Crippen LogP contribution is -1.92. The van der Waals surface area contributed by atoms with Crippen LogP contribution in [0.4, 0.5) is 0 Å². The molecular formula is C9H10O. The minimum absolute atomic E-state index is 0. The van der Waals surface area contributed by atoms with Crippen LogP contribution >= 0.6 is 0 Å². The smallest absolute Gasteiger partial charge is 0.141 e. The average Bonchev–Trinajstić information content (AvgIpc) is 2.27. The largest absolute Gasteiger partial charge is 0.299 e. The van der Waals surface area contributed by atoms with Gasteiger partial charge in [0.1, 0.15) is 5.78 Å². The molecule has 0 aromatic heterocycles. The molecule has 1 aliphatic rings. The van der Waals surface area contributed by atoms with Gasteiger partial charge in [-0.25, -0.2) is 0 Å². The molecule has 1 nitrogen and oxygen atoms in total. The zero-order valence-electron chi connectivity index (χ0n) is 5.63. The Hall–Kier alpha value is -1.11. The molecule has 0 fully saturated rings. The van der Waals surface area contributed by atoms with Crippen LogP contribution in [0, 0.1) is 0 Å². The van der Waals surface area contributed by atoms with Gasteiger partial charge < -0.3 is 0 Å². The molecular weight excluding hydrogens is 124 g/mol. The molecule has 2 rings (SSSR count). The molecule has 1 heteroatoms. The lowest BCUT2D eigenvalue weighted by atomic mass is 10.1. The Bertz CT molecular complexity index is 254. The molecule has 0 heterocycles. The van der Waals surface area contributed by atoms with Crippen LogP contribution in [0.2, 0.25) is 0 Å². The van der Waals surface area contributed by atoms with E-state index in [1.54, 1.807) is 0 Å². The predicted octanol–water partition coefficient (Wildman–Crippen LogP) is 1.60. The van der Waals surface area contributed by atoms with Gasteiger partial charge in [0, 0.05) is 14.3 Å². The SMILES string of the molecule is O=C1Cc2ccccc2C1.[HH]. The van der Waals surface area contributed by atoms with Gasteiger partial charge in [0.15, 0.2) is 0 Å². The first kappa shape index (κ1) is 5.66. The fourth-order valence-corrected chi connectivity index (χ4v) is 1.39. The molecule has 1 aromatic rings. The minimum Gasteiger partial charge on any atom is -0.299 e. The first-order valence-corrected chi connectivity index (χ1v) is 3.45. The monoisotopic (exact) mass is 134 g/mol. The Morgan fingerprint density at radius 1 is 1.10 bits per heavy atom. The minimum atomic E-state index is 0. The number of carbonyl (C=O) groups is 1. The summed E-state index contributed by atoms with van der Waals surface area (Å²) in [6.45, 7) is 0. The quantitative estimate of drug-likeness (QED) is 0.526. The van der Waals surface area contributed by atoms with Gasteiger partial charge in [-0.3, -0.25) is 4.79 Å². The van der Waals surface area contributed by atoms with Crippen molar-refractivity contribution in [1.29, 1.82) is 0 Å². The Kier molecular flexibility index (Phi) is 1.10. The molecule has 1 aliphatic carbocycles. The highest BCUT2D eigenvalue weighted by molar-refractivity contribution is 5.87. The van der Waals surface area contributed by atoms with E-state index in [4.69, 9.17) is 0 Å². The third kappa shape index (κ3) is 0.747. The van der Waals surface area contributed by atoms with Crippen LogP contribution in [0.5, 0.6) is 0 Å². The lowest BCUT2D eigenvalue weighted by molar-refractivity contribution is -0.117. The zero-order chi connectivity index (χ0) is 6.97. The molecule has 0 atom stereocenters. The Labute approximate surface area is 61.2 Å². The summed E-state index contributed by atoms with van der Waals surface area (Å²) in [6, 6.07) is 8.02. The van der Waals surface area contributed by atoms with Crippen LogP contribution in [0.3, 0.4) is 0 Å². The van der Waals surface area contributed by atoms with Gasteiger partial charge in [0.2, 0.25) is 0 Å². The fourth-order valence-electron chi connectivity index (χ4n) is 1.39. The zero-order valence-corrected chi connectivity index (χ0v) is 5.63. The van der Waals surface area contributed by atoms with Crippen molar-refractivity contribution < 1.29 is 6.22 Å². The van der Waals surface area contributed by atoms with E-state index >= 15 is 0 Å². The molecule has 10 heavy (non-hydrogen) atoms. The van der Waals surface area contributed by atoms with Crippen LogP contribution in [-0.2, 0) is 17.6 Å². The van der Waals surface area contributed by atoms with Crippen LogP contribution in [0.25, 0.3) is 0 Å². The third-order valence-electron chi connectivity index (χ3n) is 1.89. The molecule has 0 saturated carbocycles. The lowest BCUT2D eigenvalue weighted by Gasteiger charge is -1.91. The number of hydrogen-bond donors (Lipinski definition) is 0. The second kappa shape index (κ2) is 1.94. The van der Waals surface area contributed by atoms with E-state index in [2.05, 4.69) is 0 Å². The van der Waals surface area contributed by atoms with Crippen molar-refractivity contribution in [3.05, 3.63) is 35.4 Å². The maximum absolute atomic E-state index is 10.9. The van der Waals surface area contributed by atoms with Crippen LogP contribution in [0.1, 0.15) is 12.6 Å². The first-order valence-electron chi connectivity index (χ1n) is 3.45. The summed E-state index contributed by atoms with van der Waals surface area (Å²) >= 11 is 0. The normalized spacial score (nSPS) is 15.4. The summed E-state index contributed by atoms with van der Waals surface area (Å²) in [6.07, 6.45) is 1.30. The molecule has 0 radical (unpaired) electrons. The van der Waals surface area contributed by atoms with Gasteiger partial charge in [-0.1, -0.05) is 24.3 Å². The molecule has 0 bridgehead atoms. The second-order valence-electron chi connectivity index (χ2n) is 2.66. The maximum atomic E-state index is 10.9. The summed E-state index contributed by atoms with van der Waals surface area (Å²) in [5.41, 5.74) is 2.43. The number of rotatable bonds is 0. The maximum Gasteiger partial charge on any atom is 0.141 e. The van der Waals surface area contributed by atoms with E-state index in [0.717, 1.165) is 0 Å². The molecule has 1 aromatic carbocycles. The van der Waals surface area contributed by atoms with Crippen molar-refractivity contribution in [3.63, 3.8) is 0 Å². The van der Waals surface area contributed by atoms with E-state index in [1.165, 1.54) is 11.1 Å². The Balaban J connectivity index is 0.000000605. The van der Waals surface area contributed by atoms with Gasteiger partial charge in [-0.2, -0.15) is 0 Å². The molecule has 0 spiro atoms. The van der Waals surface area contributed by atoms with Crippen LogP contribution in [-0.4, -0.2) is 5.78 Å². The van der Waals surface area contributed by atoms with Crippen LogP contribution in [0.15, 0.2) is 24.3 Å². The van der Waals surface area contributed by atoms with E-state index in [1.807, 2.05) is 24.3 Å². The Morgan fingerprint density at radius 2 is 1.60 bits per heavy atom. The first-order chi connectivity index (χ1) is 4.86. The molecule has 52 valence electrons. The van der Waals surface area contributed by atoms with Gasteiger partial charge in [0.25, 0.3) is 0 Å². The van der Waals surface area contributed by atoms with E-state index < -0.39 is 0 Å². The predicted molar refractivity (Wildman–Crippen MR) is 41.0 cm³/mol. The van der Waals surface area contributed by atoms with E-state index in [0.29, 0.717) is 18.6 Å². The van der Waals surface area contributed by atoms with Crippen molar-refractivity contribution in [2.75, 3.05) is 0 Å². The molecule has 0 unspecified atom stereocenters. The number of Topliss-reactive ketones (excluding diaryl/α,β-unsaturated/α-hetero) is 1. The molecule has 0 N–H and O–H groups in total. The van der Waals surface area contributed by atoms with Crippen molar-refractivity contribution in [3.8, 4) is 0 Å². The summed E-state index contributed by atoms with van der Waals surface area (Å²) in [7, 11) is 0. The van der Waals surface area contributed by atoms with Gasteiger partial charge in [-0.05, 0) is 11.1 Å². The van der Waals surface area contributed by atoms with Crippen LogP contribution < -0.4 is 0 Å². The van der Waals surface area contributed by atoms with Gasteiger partial charge in [-0.15, -0.1) is 0 Å². The standard InChI is InChI=1S/C9H8O.H2/c10-9-5-7-3-1-2-4-8(7)6-9;/h1-4H,5-6H2;1H.